The summed E-state index contributed by atoms with van der Waals surface area (Å²) in [6.45, 7) is 2.49. The van der Waals surface area contributed by atoms with Gasteiger partial charge >= 0.3 is 0 Å². The van der Waals surface area contributed by atoms with Crippen molar-refractivity contribution in [2.45, 2.75) is 23.8 Å². The molecular formula is C20H21ClN4OS. The monoisotopic (exact) mass is 400 g/mol. The third-order valence-corrected chi connectivity index (χ3v) is 5.53. The minimum atomic E-state index is -0.262. The Morgan fingerprint density at radius 1 is 1.15 bits per heavy atom. The summed E-state index contributed by atoms with van der Waals surface area (Å²) in [7, 11) is 1.90. The Morgan fingerprint density at radius 2 is 1.85 bits per heavy atom. The van der Waals surface area contributed by atoms with Gasteiger partial charge in [0.1, 0.15) is 0 Å². The normalized spacial score (nSPS) is 12.0. The Bertz CT molecular complexity index is 896. The second kappa shape index (κ2) is 9.06. The molecule has 0 bridgehead atoms. The van der Waals surface area contributed by atoms with E-state index in [-0.39, 0.29) is 11.2 Å². The lowest BCUT2D eigenvalue weighted by Gasteiger charge is -2.11. The maximum absolute atomic E-state index is 12.4. The summed E-state index contributed by atoms with van der Waals surface area (Å²) in [5.41, 5.74) is 2.14. The van der Waals surface area contributed by atoms with Gasteiger partial charge in [-0.25, -0.2) is 0 Å². The van der Waals surface area contributed by atoms with Crippen molar-refractivity contribution in [3.8, 4) is 11.4 Å². The average Bonchev–Trinajstić information content (AvgIpc) is 3.03. The van der Waals surface area contributed by atoms with Crippen LogP contribution in [0.4, 0.5) is 0 Å². The molecule has 0 saturated heterocycles. The van der Waals surface area contributed by atoms with Crippen molar-refractivity contribution in [3.63, 3.8) is 0 Å². The second-order valence-corrected chi connectivity index (χ2v) is 7.90. The van der Waals surface area contributed by atoms with Gasteiger partial charge in [-0.15, -0.1) is 10.2 Å². The molecule has 0 unspecified atom stereocenters. The largest absolute Gasteiger partial charge is 0.355 e. The molecule has 1 heterocycles. The SMILES string of the molecule is C[C@@H](Sc1nnc(-c2ccc(Cl)cc2)n1C)C(=O)NCCc1ccccc1. The van der Waals surface area contributed by atoms with Gasteiger partial charge in [-0.1, -0.05) is 53.7 Å². The van der Waals surface area contributed by atoms with Crippen molar-refractivity contribution < 1.29 is 4.79 Å². The van der Waals surface area contributed by atoms with Crippen LogP contribution in [0.1, 0.15) is 12.5 Å². The molecule has 27 heavy (non-hydrogen) atoms. The molecule has 0 aliphatic carbocycles. The van der Waals surface area contributed by atoms with Crippen LogP contribution in [0.5, 0.6) is 0 Å². The zero-order valence-electron chi connectivity index (χ0n) is 15.2. The fourth-order valence-electron chi connectivity index (χ4n) is 2.60. The van der Waals surface area contributed by atoms with Crippen LogP contribution in [0.25, 0.3) is 11.4 Å². The van der Waals surface area contributed by atoms with Crippen molar-refractivity contribution in [3.05, 3.63) is 65.2 Å². The maximum Gasteiger partial charge on any atom is 0.233 e. The molecule has 0 radical (unpaired) electrons. The minimum absolute atomic E-state index is 0.00743. The number of benzene rings is 2. The molecule has 7 heteroatoms. The van der Waals surface area contributed by atoms with Crippen LogP contribution in [0, 0.1) is 0 Å². The highest BCUT2D eigenvalue weighted by Crippen LogP contribution is 2.26. The molecular weight excluding hydrogens is 380 g/mol. The van der Waals surface area contributed by atoms with Gasteiger partial charge < -0.3 is 9.88 Å². The van der Waals surface area contributed by atoms with E-state index in [1.807, 2.05) is 61.0 Å². The van der Waals surface area contributed by atoms with Gasteiger partial charge in [-0.2, -0.15) is 0 Å². The molecule has 3 aromatic rings. The third-order valence-electron chi connectivity index (χ3n) is 4.14. The Kier molecular flexibility index (Phi) is 6.53. The molecule has 1 aromatic heterocycles. The molecule has 5 nitrogen and oxygen atoms in total. The Hall–Kier alpha value is -2.31. The van der Waals surface area contributed by atoms with Crippen molar-refractivity contribution in [2.75, 3.05) is 6.54 Å². The van der Waals surface area contributed by atoms with Crippen LogP contribution >= 0.6 is 23.4 Å². The van der Waals surface area contributed by atoms with Gasteiger partial charge in [0.2, 0.25) is 5.91 Å². The molecule has 0 saturated carbocycles. The number of nitrogens with one attached hydrogen (secondary N) is 1. The highest BCUT2D eigenvalue weighted by Gasteiger charge is 2.19. The first kappa shape index (κ1) is 19.5. The van der Waals surface area contributed by atoms with Gasteiger partial charge in [0.25, 0.3) is 0 Å². The number of carbonyl (C=O) groups excluding carboxylic acids is 1. The summed E-state index contributed by atoms with van der Waals surface area (Å²) < 4.78 is 1.89. The first-order valence-corrected chi connectivity index (χ1v) is 9.94. The topological polar surface area (TPSA) is 59.8 Å². The van der Waals surface area contributed by atoms with Crippen molar-refractivity contribution in [1.29, 1.82) is 0 Å². The predicted molar refractivity (Wildman–Crippen MR) is 110 cm³/mol. The van der Waals surface area contributed by atoms with E-state index in [1.165, 1.54) is 17.3 Å². The van der Waals surface area contributed by atoms with E-state index in [0.717, 1.165) is 17.8 Å². The number of halogens is 1. The number of thioether (sulfide) groups is 1. The van der Waals surface area contributed by atoms with Gasteiger partial charge in [-0.05, 0) is 43.2 Å². The lowest BCUT2D eigenvalue weighted by molar-refractivity contribution is -0.120. The summed E-state index contributed by atoms with van der Waals surface area (Å²) in [6.07, 6.45) is 0.814. The van der Waals surface area contributed by atoms with Gasteiger partial charge in [0.15, 0.2) is 11.0 Å². The molecule has 140 valence electrons. The minimum Gasteiger partial charge on any atom is -0.355 e. The first-order valence-electron chi connectivity index (χ1n) is 8.68. The van der Waals surface area contributed by atoms with Crippen LogP contribution in [0.15, 0.2) is 59.8 Å². The fourth-order valence-corrected chi connectivity index (χ4v) is 3.56. The van der Waals surface area contributed by atoms with Gasteiger partial charge in [-0.3, -0.25) is 4.79 Å². The number of aromatic nitrogens is 3. The highest BCUT2D eigenvalue weighted by atomic mass is 35.5. The van der Waals surface area contributed by atoms with Crippen LogP contribution in [-0.4, -0.2) is 32.5 Å². The lowest BCUT2D eigenvalue weighted by Crippen LogP contribution is -2.32. The van der Waals surface area contributed by atoms with E-state index < -0.39 is 0 Å². The summed E-state index contributed by atoms with van der Waals surface area (Å²) in [5, 5.41) is 12.6. The van der Waals surface area contributed by atoms with E-state index in [0.29, 0.717) is 16.7 Å². The molecule has 3 rings (SSSR count). The summed E-state index contributed by atoms with van der Waals surface area (Å²) in [4.78, 5) is 12.4. The van der Waals surface area contributed by atoms with E-state index >= 15 is 0 Å². The number of nitrogens with zero attached hydrogens (tertiary/aromatic N) is 3. The number of rotatable bonds is 7. The Morgan fingerprint density at radius 3 is 2.56 bits per heavy atom. The zero-order chi connectivity index (χ0) is 19.2. The molecule has 1 N–H and O–H groups in total. The van der Waals surface area contributed by atoms with E-state index in [1.54, 1.807) is 0 Å². The third kappa shape index (κ3) is 5.11. The van der Waals surface area contributed by atoms with Crippen LogP contribution in [0.2, 0.25) is 5.02 Å². The molecule has 2 aromatic carbocycles. The number of carbonyl (C=O) groups is 1. The van der Waals surface area contributed by atoms with Crippen molar-refractivity contribution in [2.24, 2.45) is 7.05 Å². The average molecular weight is 401 g/mol. The predicted octanol–water partition coefficient (Wildman–Crippen LogP) is 3.98. The van der Waals surface area contributed by atoms with E-state index in [9.17, 15) is 4.79 Å². The number of amides is 1. The fraction of sp³-hybridized carbons (Fsp3) is 0.250. The van der Waals surface area contributed by atoms with Gasteiger partial charge in [0, 0.05) is 24.2 Å². The molecule has 0 fully saturated rings. The van der Waals surface area contributed by atoms with Crippen LogP contribution in [-0.2, 0) is 18.3 Å². The number of hydrogen-bond donors (Lipinski definition) is 1. The molecule has 1 atom stereocenters. The lowest BCUT2D eigenvalue weighted by atomic mass is 10.1. The quantitative estimate of drug-likeness (QED) is 0.609. The van der Waals surface area contributed by atoms with Crippen molar-refractivity contribution >= 4 is 29.3 Å². The van der Waals surface area contributed by atoms with Crippen molar-refractivity contribution in [1.82, 2.24) is 20.1 Å². The first-order chi connectivity index (χ1) is 13.0. The molecule has 1 amide bonds. The van der Waals surface area contributed by atoms with E-state index in [4.69, 9.17) is 11.6 Å². The Labute approximate surface area is 168 Å². The standard InChI is InChI=1S/C20H21ClN4OS/c1-14(19(26)22-13-12-15-6-4-3-5-7-15)27-20-24-23-18(25(20)2)16-8-10-17(21)11-9-16/h3-11,14H,12-13H2,1-2H3,(H,22,26)/t14-/m1/s1. The Balaban J connectivity index is 1.56. The molecule has 0 aliphatic heterocycles. The smallest absolute Gasteiger partial charge is 0.233 e. The maximum atomic E-state index is 12.4. The molecule has 0 spiro atoms. The van der Waals surface area contributed by atoms with E-state index in [2.05, 4.69) is 27.6 Å². The molecule has 0 aliphatic rings. The van der Waals surface area contributed by atoms with Gasteiger partial charge in [0.05, 0.1) is 5.25 Å². The summed E-state index contributed by atoms with van der Waals surface area (Å²) >= 11 is 7.33. The zero-order valence-corrected chi connectivity index (χ0v) is 16.8. The second-order valence-electron chi connectivity index (χ2n) is 6.16. The summed E-state index contributed by atoms with van der Waals surface area (Å²) in [5.74, 6) is 0.734. The summed E-state index contributed by atoms with van der Waals surface area (Å²) in [6, 6.07) is 17.6. The number of hydrogen-bond acceptors (Lipinski definition) is 4. The van der Waals surface area contributed by atoms with Crippen LogP contribution < -0.4 is 5.32 Å². The van der Waals surface area contributed by atoms with Crippen LogP contribution in [0.3, 0.4) is 0 Å². The highest BCUT2D eigenvalue weighted by molar-refractivity contribution is 8.00.